The number of hydrogen-bond acceptors (Lipinski definition) is 4. The molecule has 3 saturated carbocycles. The van der Waals surface area contributed by atoms with Crippen LogP contribution >= 0.6 is 23.2 Å². The number of nitrogens with zero attached hydrogens (tertiary/aromatic N) is 2. The van der Waals surface area contributed by atoms with Crippen molar-refractivity contribution < 1.29 is 18.8 Å². The third kappa shape index (κ3) is 4.40. The number of anilines is 1. The van der Waals surface area contributed by atoms with Gasteiger partial charge in [-0.2, -0.15) is 0 Å². The van der Waals surface area contributed by atoms with Crippen molar-refractivity contribution in [2.75, 3.05) is 19.4 Å². The number of nitrogens with one attached hydrogen (secondary N) is 1. The molecule has 1 aliphatic heterocycles. The molecule has 0 bridgehead atoms. The second-order valence-corrected chi connectivity index (χ2v) is 14.9. The zero-order chi connectivity index (χ0) is 30.2. The summed E-state index contributed by atoms with van der Waals surface area (Å²) in [5.41, 5.74) is 0.0546. The largest absolute Gasteiger partial charge is 0.349 e. The van der Waals surface area contributed by atoms with Crippen molar-refractivity contribution in [2.45, 2.75) is 76.5 Å². The molecule has 2 aromatic rings. The summed E-state index contributed by atoms with van der Waals surface area (Å²) >= 11 is 12.6. The first-order chi connectivity index (χ1) is 19.8. The first-order valence-electron chi connectivity index (χ1n) is 14.9. The molecule has 6 rings (SSSR count). The summed E-state index contributed by atoms with van der Waals surface area (Å²) in [6.45, 7) is 4.49. The van der Waals surface area contributed by atoms with Crippen molar-refractivity contribution in [3.63, 3.8) is 0 Å². The van der Waals surface area contributed by atoms with Gasteiger partial charge in [-0.15, -0.1) is 0 Å². The molecule has 0 saturated heterocycles. The number of benzene rings is 1. The summed E-state index contributed by atoms with van der Waals surface area (Å²) in [6, 6.07) is 7.01. The van der Waals surface area contributed by atoms with Crippen LogP contribution in [0.25, 0.3) is 0 Å². The molecule has 3 atom stereocenters. The van der Waals surface area contributed by atoms with Gasteiger partial charge in [-0.3, -0.25) is 14.4 Å². The molecule has 1 N–H and O–H groups in total. The van der Waals surface area contributed by atoms with Crippen molar-refractivity contribution in [3.05, 3.63) is 57.6 Å². The van der Waals surface area contributed by atoms with Gasteiger partial charge < -0.3 is 10.2 Å². The fourth-order valence-corrected chi connectivity index (χ4v) is 9.14. The molecule has 1 aromatic heterocycles. The average Bonchev–Trinajstić information content (AvgIpc) is 3.36. The number of rotatable bonds is 5. The standard InChI is InChI=1S/C33H38Cl2FN3O3/c1-31(2)8-10-32(11-9-31)17-22(25(40)15-18-13-19(14-18)29(41)39(3)4)26(21-7-12-37-28(35)27(21)36)33(32)23-6-5-20(34)16-24(23)38-30(33)42/h5-7,12,16,18-19,22,26H,8-11,13-15,17H2,1-4H3,(H,38,42)/t18?,19?,22-,26-,33+/m0/s1. The van der Waals surface area contributed by atoms with Gasteiger partial charge in [-0.25, -0.2) is 9.37 Å². The van der Waals surface area contributed by atoms with Crippen LogP contribution in [0.2, 0.25) is 10.2 Å². The van der Waals surface area contributed by atoms with Gasteiger partial charge in [-0.05, 0) is 91.0 Å². The van der Waals surface area contributed by atoms with Crippen LogP contribution in [-0.2, 0) is 19.8 Å². The van der Waals surface area contributed by atoms with Crippen LogP contribution in [0.4, 0.5) is 10.1 Å². The third-order valence-corrected chi connectivity index (χ3v) is 11.5. The smallest absolute Gasteiger partial charge is 0.236 e. The zero-order valence-electron chi connectivity index (χ0n) is 24.6. The molecule has 42 heavy (non-hydrogen) atoms. The summed E-state index contributed by atoms with van der Waals surface area (Å²) in [4.78, 5) is 46.9. The van der Waals surface area contributed by atoms with Gasteiger partial charge in [0.25, 0.3) is 0 Å². The summed E-state index contributed by atoms with van der Waals surface area (Å²) in [6.07, 6.45) is 6.90. The highest BCUT2D eigenvalue weighted by Gasteiger charge is 2.72. The van der Waals surface area contributed by atoms with Crippen molar-refractivity contribution in [1.82, 2.24) is 9.88 Å². The molecule has 2 spiro atoms. The van der Waals surface area contributed by atoms with E-state index in [-0.39, 0.29) is 45.6 Å². The number of carbonyl (C=O) groups is 3. The number of hydrogen-bond donors (Lipinski definition) is 1. The highest BCUT2D eigenvalue weighted by molar-refractivity contribution is 6.31. The summed E-state index contributed by atoms with van der Waals surface area (Å²) in [7, 11) is 3.50. The zero-order valence-corrected chi connectivity index (χ0v) is 26.1. The lowest BCUT2D eigenvalue weighted by molar-refractivity contribution is -0.139. The highest BCUT2D eigenvalue weighted by atomic mass is 35.5. The van der Waals surface area contributed by atoms with E-state index in [0.29, 0.717) is 36.4 Å². The number of carbonyl (C=O) groups excluding carboxylic acids is 3. The Kier molecular flexibility index (Phi) is 7.24. The lowest BCUT2D eigenvalue weighted by atomic mass is 9.51. The van der Waals surface area contributed by atoms with Gasteiger partial charge in [0.2, 0.25) is 11.8 Å². The van der Waals surface area contributed by atoms with Gasteiger partial charge in [0.15, 0.2) is 11.0 Å². The summed E-state index contributed by atoms with van der Waals surface area (Å²) in [5.74, 6) is -2.07. The monoisotopic (exact) mass is 613 g/mol. The Hall–Kier alpha value is -2.51. The summed E-state index contributed by atoms with van der Waals surface area (Å²) in [5, 5.41) is 3.33. The fraction of sp³-hybridized carbons (Fsp3) is 0.576. The SMILES string of the molecule is CN(C)C(=O)C1CC(CC(=O)[C@@H]2CC3(CCC(C)(C)CC3)[C@@]3(C(=O)Nc4cc(Cl)ccc43)[C@H]2c2ccnc(Cl)c2F)C1. The van der Waals surface area contributed by atoms with Crippen LogP contribution in [0.5, 0.6) is 0 Å². The van der Waals surface area contributed by atoms with E-state index >= 15 is 4.39 Å². The Balaban J connectivity index is 1.48. The van der Waals surface area contributed by atoms with E-state index < -0.39 is 28.5 Å². The van der Waals surface area contributed by atoms with Crippen molar-refractivity contribution in [3.8, 4) is 0 Å². The van der Waals surface area contributed by atoms with Crippen molar-refractivity contribution in [2.24, 2.45) is 28.6 Å². The van der Waals surface area contributed by atoms with Crippen LogP contribution < -0.4 is 5.32 Å². The van der Waals surface area contributed by atoms with E-state index in [4.69, 9.17) is 23.2 Å². The Labute approximate surface area is 256 Å². The molecule has 0 radical (unpaired) electrons. The van der Waals surface area contributed by atoms with E-state index in [1.165, 1.54) is 6.20 Å². The minimum absolute atomic E-state index is 0.0318. The number of Topliss-reactive ketones (excluding diaryl/α,β-unsaturated/α-hetero) is 1. The molecule has 3 aliphatic carbocycles. The minimum atomic E-state index is -1.17. The van der Waals surface area contributed by atoms with Gasteiger partial charge in [0.05, 0.1) is 5.41 Å². The second-order valence-electron chi connectivity index (χ2n) is 14.1. The number of ketones is 1. The molecule has 2 heterocycles. The quantitative estimate of drug-likeness (QED) is 0.362. The summed E-state index contributed by atoms with van der Waals surface area (Å²) < 4.78 is 16.0. The maximum Gasteiger partial charge on any atom is 0.236 e. The average molecular weight is 615 g/mol. The van der Waals surface area contributed by atoms with Crippen LogP contribution in [0.1, 0.15) is 82.3 Å². The van der Waals surface area contributed by atoms with Crippen LogP contribution in [0.15, 0.2) is 30.5 Å². The number of fused-ring (bicyclic) bond motifs is 3. The minimum Gasteiger partial charge on any atom is -0.349 e. The fourth-order valence-electron chi connectivity index (χ4n) is 8.80. The number of pyridine rings is 1. The molecule has 1 aromatic carbocycles. The van der Waals surface area contributed by atoms with E-state index in [1.54, 1.807) is 37.2 Å². The predicted octanol–water partition coefficient (Wildman–Crippen LogP) is 7.18. The van der Waals surface area contributed by atoms with Gasteiger partial charge in [-0.1, -0.05) is 43.1 Å². The maximum atomic E-state index is 16.0. The topological polar surface area (TPSA) is 79.4 Å². The lowest BCUT2D eigenvalue weighted by Gasteiger charge is -2.51. The molecular formula is C33H38Cl2FN3O3. The number of amides is 2. The van der Waals surface area contributed by atoms with E-state index in [2.05, 4.69) is 24.1 Å². The molecule has 224 valence electrons. The van der Waals surface area contributed by atoms with Crippen LogP contribution in [0, 0.1) is 34.4 Å². The van der Waals surface area contributed by atoms with E-state index in [1.807, 2.05) is 6.07 Å². The Bertz CT molecular complexity index is 1460. The lowest BCUT2D eigenvalue weighted by Crippen LogP contribution is -2.52. The second kappa shape index (κ2) is 10.3. The normalized spacial score (nSPS) is 30.6. The third-order valence-electron chi connectivity index (χ3n) is 11.0. The van der Waals surface area contributed by atoms with Crippen molar-refractivity contribution in [1.29, 1.82) is 0 Å². The maximum absolute atomic E-state index is 16.0. The Morgan fingerprint density at radius 3 is 2.45 bits per heavy atom. The first kappa shape index (κ1) is 29.6. The highest BCUT2D eigenvalue weighted by Crippen LogP contribution is 2.72. The van der Waals surface area contributed by atoms with Crippen LogP contribution in [0.3, 0.4) is 0 Å². The van der Waals surface area contributed by atoms with Crippen LogP contribution in [-0.4, -0.2) is 41.6 Å². The Morgan fingerprint density at radius 1 is 1.10 bits per heavy atom. The molecule has 3 fully saturated rings. The van der Waals surface area contributed by atoms with Gasteiger partial charge in [0.1, 0.15) is 5.78 Å². The molecule has 0 unspecified atom stereocenters. The molecule has 9 heteroatoms. The van der Waals surface area contributed by atoms with E-state index in [0.717, 1.165) is 31.2 Å². The van der Waals surface area contributed by atoms with E-state index in [9.17, 15) is 14.4 Å². The molecule has 4 aliphatic rings. The number of halogens is 3. The van der Waals surface area contributed by atoms with Gasteiger partial charge >= 0.3 is 0 Å². The molecule has 6 nitrogen and oxygen atoms in total. The van der Waals surface area contributed by atoms with Gasteiger partial charge in [0, 0.05) is 55.2 Å². The van der Waals surface area contributed by atoms with Crippen molar-refractivity contribution >= 4 is 46.5 Å². The number of aromatic nitrogens is 1. The first-order valence-corrected chi connectivity index (χ1v) is 15.7. The molecule has 2 amide bonds. The predicted molar refractivity (Wildman–Crippen MR) is 161 cm³/mol. The Morgan fingerprint density at radius 2 is 1.79 bits per heavy atom. The molecular weight excluding hydrogens is 576 g/mol.